The summed E-state index contributed by atoms with van der Waals surface area (Å²) in [6.45, 7) is 0.251. The number of hydrazine groups is 2. The molecule has 0 saturated carbocycles. The first kappa shape index (κ1) is 13.1. The Kier molecular flexibility index (Phi) is 4.12. The highest BCUT2D eigenvalue weighted by molar-refractivity contribution is 5.89. The molecule has 19 heavy (non-hydrogen) atoms. The average Bonchev–Trinajstić information content (AvgIpc) is 2.46. The smallest absolute Gasteiger partial charge is 0.338 e. The summed E-state index contributed by atoms with van der Waals surface area (Å²) in [6.07, 6.45) is 0. The monoisotopic (exact) mass is 257 g/mol. The van der Waals surface area contributed by atoms with Crippen LogP contribution < -0.4 is 16.8 Å². The highest BCUT2D eigenvalue weighted by Gasteiger charge is 2.07. The highest BCUT2D eigenvalue weighted by Crippen LogP contribution is 2.12. The Hall–Kier alpha value is -2.37. The van der Waals surface area contributed by atoms with Gasteiger partial charge in [0.15, 0.2) is 0 Å². The van der Waals surface area contributed by atoms with Gasteiger partial charge in [0.2, 0.25) is 0 Å². The first-order valence-corrected chi connectivity index (χ1v) is 5.77. The number of carbonyl (C=O) groups is 1. The van der Waals surface area contributed by atoms with Crippen molar-refractivity contribution < 1.29 is 9.53 Å². The third kappa shape index (κ3) is 3.54. The largest absolute Gasteiger partial charge is 0.457 e. The Morgan fingerprint density at radius 3 is 2.21 bits per heavy atom. The van der Waals surface area contributed by atoms with Gasteiger partial charge in [-0.05, 0) is 29.8 Å². The number of nitrogens with zero attached hydrogens (tertiary/aromatic N) is 1. The predicted octanol–water partition coefficient (Wildman–Crippen LogP) is 1.60. The van der Waals surface area contributed by atoms with Gasteiger partial charge in [-0.2, -0.15) is 0 Å². The van der Waals surface area contributed by atoms with Gasteiger partial charge in [-0.3, -0.25) is 0 Å². The summed E-state index contributed by atoms with van der Waals surface area (Å²) in [5.74, 6) is 10.4. The van der Waals surface area contributed by atoms with Crippen molar-refractivity contribution in [2.24, 2.45) is 11.7 Å². The number of anilines is 1. The third-order valence-corrected chi connectivity index (χ3v) is 2.61. The molecule has 0 aliphatic carbocycles. The fourth-order valence-corrected chi connectivity index (χ4v) is 1.58. The van der Waals surface area contributed by atoms with Gasteiger partial charge in [-0.1, -0.05) is 30.3 Å². The van der Waals surface area contributed by atoms with Crippen molar-refractivity contribution in [2.75, 3.05) is 5.12 Å². The lowest BCUT2D eigenvalue weighted by atomic mass is 10.2. The molecule has 0 bridgehead atoms. The zero-order chi connectivity index (χ0) is 13.7. The molecule has 0 unspecified atom stereocenters. The first-order chi connectivity index (χ1) is 9.16. The maximum absolute atomic E-state index is 11.8. The summed E-state index contributed by atoms with van der Waals surface area (Å²) < 4.78 is 5.20. The van der Waals surface area contributed by atoms with E-state index in [4.69, 9.17) is 16.4 Å². The van der Waals surface area contributed by atoms with E-state index in [0.717, 1.165) is 10.7 Å². The van der Waals surface area contributed by atoms with Crippen LogP contribution in [-0.2, 0) is 11.3 Å². The lowest BCUT2D eigenvalue weighted by molar-refractivity contribution is 0.0473. The number of nitrogens with two attached hydrogens (primary N) is 2. The molecule has 2 aromatic rings. The summed E-state index contributed by atoms with van der Waals surface area (Å²) >= 11 is 0. The zero-order valence-electron chi connectivity index (χ0n) is 10.3. The molecule has 0 aromatic heterocycles. The van der Waals surface area contributed by atoms with Crippen LogP contribution in [0.15, 0.2) is 54.6 Å². The molecule has 0 spiro atoms. The van der Waals surface area contributed by atoms with Gasteiger partial charge < -0.3 is 4.74 Å². The first-order valence-electron chi connectivity index (χ1n) is 5.77. The quantitative estimate of drug-likeness (QED) is 0.494. The van der Waals surface area contributed by atoms with Gasteiger partial charge in [-0.15, -0.1) is 0 Å². The number of hydrogen-bond acceptors (Lipinski definition) is 5. The Morgan fingerprint density at radius 1 is 1.00 bits per heavy atom. The maximum Gasteiger partial charge on any atom is 0.338 e. The molecule has 0 amide bonds. The van der Waals surface area contributed by atoms with Crippen molar-refractivity contribution in [1.82, 2.24) is 0 Å². The Balaban J connectivity index is 1.96. The fraction of sp³-hybridized carbons (Fsp3) is 0.0714. The Bertz CT molecular complexity index is 538. The molecule has 0 aliphatic heterocycles. The topological polar surface area (TPSA) is 81.6 Å². The van der Waals surface area contributed by atoms with E-state index in [1.807, 2.05) is 30.3 Å². The number of carbonyl (C=O) groups excluding carboxylic acids is 1. The molecule has 5 heteroatoms. The number of rotatable bonds is 4. The molecule has 0 atom stereocenters. The van der Waals surface area contributed by atoms with Gasteiger partial charge in [0.25, 0.3) is 0 Å². The van der Waals surface area contributed by atoms with E-state index in [2.05, 4.69) is 0 Å². The molecule has 2 aromatic carbocycles. The maximum atomic E-state index is 11.8. The number of esters is 1. The number of hydrogen-bond donors (Lipinski definition) is 2. The molecule has 98 valence electrons. The second kappa shape index (κ2) is 5.99. The van der Waals surface area contributed by atoms with Crippen LogP contribution in [0, 0.1) is 0 Å². The predicted molar refractivity (Wildman–Crippen MR) is 72.9 cm³/mol. The Morgan fingerprint density at radius 2 is 1.63 bits per heavy atom. The van der Waals surface area contributed by atoms with Crippen LogP contribution >= 0.6 is 0 Å². The van der Waals surface area contributed by atoms with E-state index in [9.17, 15) is 4.79 Å². The van der Waals surface area contributed by atoms with Crippen molar-refractivity contribution in [3.63, 3.8) is 0 Å². The second-order valence-electron chi connectivity index (χ2n) is 4.02. The second-order valence-corrected chi connectivity index (χ2v) is 4.02. The highest BCUT2D eigenvalue weighted by atomic mass is 16.5. The van der Waals surface area contributed by atoms with Crippen LogP contribution in [0.2, 0.25) is 0 Å². The van der Waals surface area contributed by atoms with Crippen LogP contribution in [0.5, 0.6) is 0 Å². The van der Waals surface area contributed by atoms with Gasteiger partial charge in [0.1, 0.15) is 6.61 Å². The van der Waals surface area contributed by atoms with Crippen molar-refractivity contribution in [2.45, 2.75) is 6.61 Å². The van der Waals surface area contributed by atoms with Crippen molar-refractivity contribution >= 4 is 11.7 Å². The standard InChI is InChI=1S/C14H15N3O2/c15-17(16)13-8-6-12(7-9-13)14(18)19-10-11-4-2-1-3-5-11/h1-9H,10,15-16H2. The van der Waals surface area contributed by atoms with E-state index in [1.54, 1.807) is 24.3 Å². The van der Waals surface area contributed by atoms with E-state index in [1.165, 1.54) is 0 Å². The van der Waals surface area contributed by atoms with Crippen molar-refractivity contribution in [1.29, 1.82) is 0 Å². The number of ether oxygens (including phenoxy) is 1. The van der Waals surface area contributed by atoms with Crippen LogP contribution in [0.4, 0.5) is 5.69 Å². The van der Waals surface area contributed by atoms with Gasteiger partial charge in [0.05, 0.1) is 11.3 Å². The van der Waals surface area contributed by atoms with Crippen LogP contribution in [-0.4, -0.2) is 5.97 Å². The summed E-state index contributed by atoms with van der Waals surface area (Å²) in [7, 11) is 0. The summed E-state index contributed by atoms with van der Waals surface area (Å²) in [4.78, 5) is 11.8. The third-order valence-electron chi connectivity index (χ3n) is 2.61. The lowest BCUT2D eigenvalue weighted by Crippen LogP contribution is -2.37. The minimum atomic E-state index is -0.379. The van der Waals surface area contributed by atoms with Gasteiger partial charge in [0, 0.05) is 0 Å². The van der Waals surface area contributed by atoms with E-state index < -0.39 is 0 Å². The molecule has 0 fully saturated rings. The molecule has 0 heterocycles. The normalized spacial score (nSPS) is 10.0. The summed E-state index contributed by atoms with van der Waals surface area (Å²) in [6, 6.07) is 16.1. The number of benzene rings is 2. The summed E-state index contributed by atoms with van der Waals surface area (Å²) in [5.41, 5.74) is 2.02. The molecule has 0 radical (unpaired) electrons. The van der Waals surface area contributed by atoms with Gasteiger partial charge in [-0.25, -0.2) is 21.6 Å². The summed E-state index contributed by atoms with van der Waals surface area (Å²) in [5, 5.41) is 0.985. The average molecular weight is 257 g/mol. The molecular formula is C14H15N3O2. The van der Waals surface area contributed by atoms with E-state index in [0.29, 0.717) is 11.3 Å². The van der Waals surface area contributed by atoms with Crippen LogP contribution in [0.1, 0.15) is 15.9 Å². The molecule has 5 nitrogen and oxygen atoms in total. The van der Waals surface area contributed by atoms with E-state index >= 15 is 0 Å². The minimum absolute atomic E-state index is 0.251. The van der Waals surface area contributed by atoms with Crippen LogP contribution in [0.3, 0.4) is 0 Å². The molecule has 2 rings (SSSR count). The zero-order valence-corrected chi connectivity index (χ0v) is 10.3. The Labute approximate surface area is 111 Å². The minimum Gasteiger partial charge on any atom is -0.457 e. The SMILES string of the molecule is NN(N)c1ccc(C(=O)OCc2ccccc2)cc1. The lowest BCUT2D eigenvalue weighted by Gasteiger charge is -2.11. The van der Waals surface area contributed by atoms with Crippen molar-refractivity contribution in [3.8, 4) is 0 Å². The molecular weight excluding hydrogens is 242 g/mol. The molecule has 4 N–H and O–H groups in total. The molecule has 0 aliphatic rings. The van der Waals surface area contributed by atoms with Crippen LogP contribution in [0.25, 0.3) is 0 Å². The fourth-order valence-electron chi connectivity index (χ4n) is 1.58. The van der Waals surface area contributed by atoms with E-state index in [-0.39, 0.29) is 12.6 Å². The van der Waals surface area contributed by atoms with Crippen molar-refractivity contribution in [3.05, 3.63) is 65.7 Å². The molecule has 0 saturated heterocycles. The van der Waals surface area contributed by atoms with Gasteiger partial charge >= 0.3 is 5.97 Å².